The van der Waals surface area contributed by atoms with Crippen molar-refractivity contribution in [1.29, 1.82) is 0 Å². The number of unbranched alkanes of at least 4 members (excludes halogenated alkanes) is 1. The molecule has 0 aliphatic carbocycles. The fourth-order valence-electron chi connectivity index (χ4n) is 4.34. The van der Waals surface area contributed by atoms with Gasteiger partial charge in [0.25, 0.3) is 0 Å². The second kappa shape index (κ2) is 11.0. The second-order valence-corrected chi connectivity index (χ2v) is 8.62. The highest BCUT2D eigenvalue weighted by molar-refractivity contribution is 5.81. The number of nitrogens with zero attached hydrogens (tertiary/aromatic N) is 2. The minimum absolute atomic E-state index is 0.00464. The quantitative estimate of drug-likeness (QED) is 0.646. The highest BCUT2D eigenvalue weighted by atomic mass is 16.2. The molecule has 3 rings (SSSR count). The molecule has 1 aliphatic rings. The van der Waals surface area contributed by atoms with Crippen molar-refractivity contribution in [3.8, 4) is 0 Å². The van der Waals surface area contributed by atoms with Gasteiger partial charge in [0.1, 0.15) is 0 Å². The fourth-order valence-corrected chi connectivity index (χ4v) is 4.34. The predicted molar refractivity (Wildman–Crippen MR) is 125 cm³/mol. The lowest BCUT2D eigenvalue weighted by atomic mass is 9.88. The molecule has 31 heavy (non-hydrogen) atoms. The van der Waals surface area contributed by atoms with E-state index in [-0.39, 0.29) is 23.9 Å². The van der Waals surface area contributed by atoms with Gasteiger partial charge in [-0.2, -0.15) is 0 Å². The number of amides is 3. The summed E-state index contributed by atoms with van der Waals surface area (Å²) in [5.41, 5.74) is 3.44. The van der Waals surface area contributed by atoms with Gasteiger partial charge in [-0.05, 0) is 37.3 Å². The van der Waals surface area contributed by atoms with Gasteiger partial charge in [0.2, 0.25) is 5.91 Å². The zero-order chi connectivity index (χ0) is 22.2. The number of carbonyl (C=O) groups is 2. The van der Waals surface area contributed by atoms with Crippen LogP contribution in [0.25, 0.3) is 0 Å². The summed E-state index contributed by atoms with van der Waals surface area (Å²) >= 11 is 0. The Morgan fingerprint density at radius 2 is 1.87 bits per heavy atom. The highest BCUT2D eigenvalue weighted by Crippen LogP contribution is 2.34. The Bertz CT molecular complexity index is 868. The molecular formula is C26H35N3O2. The number of benzene rings is 2. The molecule has 0 bridgehead atoms. The van der Waals surface area contributed by atoms with Crippen LogP contribution in [-0.4, -0.2) is 41.9 Å². The molecule has 1 aliphatic heterocycles. The Morgan fingerprint density at radius 1 is 1.10 bits per heavy atom. The first-order valence-corrected chi connectivity index (χ1v) is 11.4. The smallest absolute Gasteiger partial charge is 0.317 e. The number of rotatable bonds is 7. The third kappa shape index (κ3) is 6.09. The van der Waals surface area contributed by atoms with Gasteiger partial charge in [-0.1, -0.05) is 73.5 Å². The van der Waals surface area contributed by atoms with Crippen molar-refractivity contribution in [2.75, 3.05) is 20.1 Å². The second-order valence-electron chi connectivity index (χ2n) is 8.62. The van der Waals surface area contributed by atoms with Crippen molar-refractivity contribution in [1.82, 2.24) is 15.1 Å². The molecule has 5 nitrogen and oxygen atoms in total. The van der Waals surface area contributed by atoms with E-state index in [1.54, 1.807) is 4.90 Å². The van der Waals surface area contributed by atoms with Crippen LogP contribution in [0.15, 0.2) is 54.6 Å². The monoisotopic (exact) mass is 421 g/mol. The van der Waals surface area contributed by atoms with Gasteiger partial charge in [0, 0.05) is 26.7 Å². The number of hydrogen-bond donors (Lipinski definition) is 1. The Balaban J connectivity index is 1.73. The molecule has 1 fully saturated rings. The van der Waals surface area contributed by atoms with Gasteiger partial charge in [0.15, 0.2) is 0 Å². The third-order valence-corrected chi connectivity index (χ3v) is 6.06. The van der Waals surface area contributed by atoms with Gasteiger partial charge in [0.05, 0.1) is 12.0 Å². The standard InChI is InChI=1S/C26H35N3O2/c1-4-5-16-27-26(31)29-19-23(14-15-24(29)22-13-9-10-20(2)17-22)25(30)28(3)18-21-11-7-6-8-12-21/h6-13,17,23-24H,4-5,14-16,18-19H2,1-3H3,(H,27,31). The summed E-state index contributed by atoms with van der Waals surface area (Å²) in [6.45, 7) is 5.89. The van der Waals surface area contributed by atoms with E-state index in [9.17, 15) is 9.59 Å². The minimum Gasteiger partial charge on any atom is -0.341 e. The van der Waals surface area contributed by atoms with E-state index >= 15 is 0 Å². The molecule has 2 aromatic carbocycles. The number of urea groups is 1. The zero-order valence-electron chi connectivity index (χ0n) is 19.0. The number of aryl methyl sites for hydroxylation is 1. The molecule has 3 amide bonds. The Hall–Kier alpha value is -2.82. The van der Waals surface area contributed by atoms with Crippen molar-refractivity contribution >= 4 is 11.9 Å². The van der Waals surface area contributed by atoms with E-state index in [1.807, 2.05) is 48.3 Å². The first-order chi connectivity index (χ1) is 15.0. The van der Waals surface area contributed by atoms with Crippen molar-refractivity contribution in [3.05, 3.63) is 71.3 Å². The molecule has 1 saturated heterocycles. The molecule has 2 atom stereocenters. The predicted octanol–water partition coefficient (Wildman–Crippen LogP) is 4.92. The van der Waals surface area contributed by atoms with Crippen LogP contribution in [0.1, 0.15) is 55.3 Å². The van der Waals surface area contributed by atoms with Crippen LogP contribution in [0.3, 0.4) is 0 Å². The Labute approximate surface area is 186 Å². The third-order valence-electron chi connectivity index (χ3n) is 6.06. The minimum atomic E-state index is -0.174. The van der Waals surface area contributed by atoms with Gasteiger partial charge in [-0.15, -0.1) is 0 Å². The lowest BCUT2D eigenvalue weighted by molar-refractivity contribution is -0.136. The van der Waals surface area contributed by atoms with Gasteiger partial charge in [-0.25, -0.2) is 4.79 Å². The van der Waals surface area contributed by atoms with Crippen LogP contribution in [0.5, 0.6) is 0 Å². The number of piperidine rings is 1. The van der Waals surface area contributed by atoms with Gasteiger partial charge < -0.3 is 15.1 Å². The molecule has 166 valence electrons. The van der Waals surface area contributed by atoms with Crippen molar-refractivity contribution in [3.63, 3.8) is 0 Å². The maximum atomic E-state index is 13.2. The van der Waals surface area contributed by atoms with Gasteiger partial charge in [-0.3, -0.25) is 4.79 Å². The average molecular weight is 422 g/mol. The van der Waals surface area contributed by atoms with E-state index in [4.69, 9.17) is 0 Å². The highest BCUT2D eigenvalue weighted by Gasteiger charge is 2.36. The summed E-state index contributed by atoms with van der Waals surface area (Å²) < 4.78 is 0. The average Bonchev–Trinajstić information content (AvgIpc) is 2.79. The zero-order valence-corrected chi connectivity index (χ0v) is 19.0. The lowest BCUT2D eigenvalue weighted by Crippen LogP contribution is -2.50. The summed E-state index contributed by atoms with van der Waals surface area (Å²) in [7, 11) is 1.85. The molecule has 2 unspecified atom stereocenters. The van der Waals surface area contributed by atoms with Crippen molar-refractivity contribution in [2.45, 2.75) is 52.1 Å². The Morgan fingerprint density at radius 3 is 2.58 bits per heavy atom. The molecule has 0 spiro atoms. The van der Waals surface area contributed by atoms with Crippen LogP contribution < -0.4 is 5.32 Å². The Kier molecular flexibility index (Phi) is 8.10. The number of carbonyl (C=O) groups excluding carboxylic acids is 2. The maximum Gasteiger partial charge on any atom is 0.317 e. The van der Waals surface area contributed by atoms with Crippen LogP contribution in [0.2, 0.25) is 0 Å². The molecule has 0 saturated carbocycles. The molecule has 1 heterocycles. The first-order valence-electron chi connectivity index (χ1n) is 11.4. The van der Waals surface area contributed by atoms with Crippen LogP contribution >= 0.6 is 0 Å². The summed E-state index contributed by atoms with van der Waals surface area (Å²) in [5.74, 6) is -0.0652. The largest absolute Gasteiger partial charge is 0.341 e. The van der Waals surface area contributed by atoms with Crippen LogP contribution in [0.4, 0.5) is 4.79 Å². The normalized spacial score (nSPS) is 18.5. The molecular weight excluding hydrogens is 386 g/mol. The summed E-state index contributed by atoms with van der Waals surface area (Å²) in [5, 5.41) is 3.06. The van der Waals surface area contributed by atoms with E-state index in [0.717, 1.165) is 36.8 Å². The van der Waals surface area contributed by atoms with Crippen LogP contribution in [0, 0.1) is 12.8 Å². The van der Waals surface area contributed by atoms with Crippen molar-refractivity contribution in [2.24, 2.45) is 5.92 Å². The SMILES string of the molecule is CCCCNC(=O)N1CC(C(=O)N(C)Cc2ccccc2)CCC1c1cccc(C)c1. The summed E-state index contributed by atoms with van der Waals surface area (Å²) in [6.07, 6.45) is 3.57. The van der Waals surface area contributed by atoms with Gasteiger partial charge >= 0.3 is 6.03 Å². The first kappa shape index (κ1) is 22.9. The lowest BCUT2D eigenvalue weighted by Gasteiger charge is -2.40. The van der Waals surface area contributed by atoms with E-state index < -0.39 is 0 Å². The fraction of sp³-hybridized carbons (Fsp3) is 0.462. The van der Waals surface area contributed by atoms with E-state index in [0.29, 0.717) is 19.6 Å². The number of likely N-dealkylation sites (tertiary alicyclic amines) is 1. The number of nitrogens with one attached hydrogen (secondary N) is 1. The summed E-state index contributed by atoms with van der Waals surface area (Å²) in [6, 6.07) is 18.3. The number of hydrogen-bond acceptors (Lipinski definition) is 2. The molecule has 0 radical (unpaired) electrons. The van der Waals surface area contributed by atoms with Crippen LogP contribution in [-0.2, 0) is 11.3 Å². The topological polar surface area (TPSA) is 52.7 Å². The molecule has 2 aromatic rings. The molecule has 5 heteroatoms. The van der Waals surface area contributed by atoms with Crippen molar-refractivity contribution < 1.29 is 9.59 Å². The van der Waals surface area contributed by atoms with E-state index in [1.165, 1.54) is 5.56 Å². The van der Waals surface area contributed by atoms with E-state index in [2.05, 4.69) is 37.4 Å². The maximum absolute atomic E-state index is 13.2. The molecule has 0 aromatic heterocycles. The summed E-state index contributed by atoms with van der Waals surface area (Å²) in [4.78, 5) is 29.9. The molecule has 1 N–H and O–H groups in total.